The first-order valence-corrected chi connectivity index (χ1v) is 12.6. The van der Waals surface area contributed by atoms with E-state index in [4.69, 9.17) is 9.40 Å². The number of nitrogens with zero attached hydrogens (tertiary/aromatic N) is 3. The number of benzene rings is 2. The second kappa shape index (κ2) is 10.4. The summed E-state index contributed by atoms with van der Waals surface area (Å²) >= 11 is 1.75. The van der Waals surface area contributed by atoms with Crippen molar-refractivity contribution < 1.29 is 14.0 Å². The molecule has 4 aromatic rings. The van der Waals surface area contributed by atoms with Gasteiger partial charge < -0.3 is 14.6 Å². The van der Waals surface area contributed by atoms with E-state index in [2.05, 4.69) is 22.3 Å². The van der Waals surface area contributed by atoms with Crippen LogP contribution in [0.3, 0.4) is 0 Å². The van der Waals surface area contributed by atoms with Gasteiger partial charge in [0.15, 0.2) is 0 Å². The number of rotatable bonds is 7. The first-order chi connectivity index (χ1) is 17.1. The molecule has 0 aliphatic carbocycles. The van der Waals surface area contributed by atoms with Crippen molar-refractivity contribution in [1.82, 2.24) is 15.2 Å². The second-order valence-corrected chi connectivity index (χ2v) is 9.89. The molecule has 2 aromatic heterocycles. The number of nitrogens with one attached hydrogen (secondary N) is 1. The van der Waals surface area contributed by atoms with Gasteiger partial charge in [0.2, 0.25) is 5.91 Å². The zero-order valence-corrected chi connectivity index (χ0v) is 20.5. The lowest BCUT2D eigenvalue weighted by Gasteiger charge is -2.32. The van der Waals surface area contributed by atoms with Gasteiger partial charge in [-0.2, -0.15) is 0 Å². The maximum Gasteiger partial charge on any atom is 0.253 e. The Kier molecular flexibility index (Phi) is 6.92. The van der Waals surface area contributed by atoms with E-state index in [9.17, 15) is 9.59 Å². The summed E-state index contributed by atoms with van der Waals surface area (Å²) in [6, 6.07) is 19.0. The largest absolute Gasteiger partial charge is 0.467 e. The first-order valence-electron chi connectivity index (χ1n) is 11.8. The summed E-state index contributed by atoms with van der Waals surface area (Å²) in [6.45, 7) is 2.29. The lowest BCUT2D eigenvalue weighted by molar-refractivity contribution is -0.119. The fraction of sp³-hybridized carbons (Fsp3) is 0.296. The number of anilines is 1. The molecular formula is C27H28N4O3S. The number of piperidine rings is 1. The van der Waals surface area contributed by atoms with E-state index in [0.29, 0.717) is 36.0 Å². The number of hydrogen-bond donors (Lipinski definition) is 1. The van der Waals surface area contributed by atoms with Crippen LogP contribution in [-0.2, 0) is 11.3 Å². The third-order valence-corrected chi connectivity index (χ3v) is 7.61. The Labute approximate surface area is 208 Å². The minimum atomic E-state index is -0.245. The van der Waals surface area contributed by atoms with Gasteiger partial charge in [0.1, 0.15) is 5.76 Å². The predicted molar refractivity (Wildman–Crippen MR) is 138 cm³/mol. The van der Waals surface area contributed by atoms with Gasteiger partial charge in [0, 0.05) is 19.5 Å². The SMILES string of the molecule is CN(C(=O)CN1CCC[C@H](c2nc3ccccc3s2)C1)c1ccccc1C(=O)NCc1ccco1. The molecule has 0 unspecified atom stereocenters. The Morgan fingerprint density at radius 3 is 2.80 bits per heavy atom. The van der Waals surface area contributed by atoms with Crippen LogP contribution in [0.2, 0.25) is 0 Å². The Balaban J connectivity index is 1.24. The van der Waals surface area contributed by atoms with Crippen LogP contribution < -0.4 is 10.2 Å². The molecule has 0 bridgehead atoms. The molecule has 2 amide bonds. The summed E-state index contributed by atoms with van der Waals surface area (Å²) in [7, 11) is 1.73. The van der Waals surface area contributed by atoms with Crippen molar-refractivity contribution in [3.63, 3.8) is 0 Å². The summed E-state index contributed by atoms with van der Waals surface area (Å²) in [5, 5.41) is 4.01. The summed E-state index contributed by atoms with van der Waals surface area (Å²) in [5.74, 6) is 0.721. The van der Waals surface area contributed by atoms with Crippen LogP contribution in [0.1, 0.15) is 39.9 Å². The third-order valence-electron chi connectivity index (χ3n) is 6.41. The number of likely N-dealkylation sites (N-methyl/N-ethyl adjacent to an activating group) is 1. The van der Waals surface area contributed by atoms with Crippen LogP contribution in [0.25, 0.3) is 10.2 Å². The smallest absolute Gasteiger partial charge is 0.253 e. The number of aromatic nitrogens is 1. The predicted octanol–water partition coefficient (Wildman–Crippen LogP) is 4.66. The number of hydrogen-bond acceptors (Lipinski definition) is 6. The molecule has 1 fully saturated rings. The highest BCUT2D eigenvalue weighted by molar-refractivity contribution is 7.18. The van der Waals surface area contributed by atoms with Crippen LogP contribution in [0.4, 0.5) is 5.69 Å². The lowest BCUT2D eigenvalue weighted by atomic mass is 9.98. The maximum absolute atomic E-state index is 13.2. The molecule has 3 heterocycles. The van der Waals surface area contributed by atoms with E-state index in [0.717, 1.165) is 36.5 Å². The van der Waals surface area contributed by atoms with E-state index >= 15 is 0 Å². The molecule has 180 valence electrons. The number of amides is 2. The molecule has 1 saturated heterocycles. The average Bonchev–Trinajstić information content (AvgIpc) is 3.57. The quantitative estimate of drug-likeness (QED) is 0.409. The van der Waals surface area contributed by atoms with Crippen molar-refractivity contribution in [3.8, 4) is 0 Å². The van der Waals surface area contributed by atoms with Gasteiger partial charge in [-0.15, -0.1) is 11.3 Å². The molecule has 0 saturated carbocycles. The number of carbonyl (C=O) groups is 2. The van der Waals surface area contributed by atoms with Crippen molar-refractivity contribution in [2.24, 2.45) is 0 Å². The molecule has 0 radical (unpaired) electrons. The van der Waals surface area contributed by atoms with E-state index in [1.54, 1.807) is 53.8 Å². The Hall–Kier alpha value is -3.49. The summed E-state index contributed by atoms with van der Waals surface area (Å²) in [5.41, 5.74) is 2.09. The molecule has 1 atom stereocenters. The number of thiazole rings is 1. The Bertz CT molecular complexity index is 1280. The lowest BCUT2D eigenvalue weighted by Crippen LogP contribution is -2.43. The molecule has 8 heteroatoms. The molecule has 1 aliphatic heterocycles. The van der Waals surface area contributed by atoms with Crippen LogP contribution in [0.5, 0.6) is 0 Å². The highest BCUT2D eigenvalue weighted by Crippen LogP contribution is 2.33. The molecule has 5 rings (SSSR count). The van der Waals surface area contributed by atoms with Crippen LogP contribution in [0.15, 0.2) is 71.3 Å². The molecule has 0 spiro atoms. The highest BCUT2D eigenvalue weighted by atomic mass is 32.1. The maximum atomic E-state index is 13.2. The van der Waals surface area contributed by atoms with Gasteiger partial charge in [-0.25, -0.2) is 4.98 Å². The highest BCUT2D eigenvalue weighted by Gasteiger charge is 2.27. The minimum Gasteiger partial charge on any atom is -0.467 e. The number of likely N-dealkylation sites (tertiary alicyclic amines) is 1. The molecule has 1 N–H and O–H groups in total. The van der Waals surface area contributed by atoms with Crippen molar-refractivity contribution in [2.75, 3.05) is 31.6 Å². The van der Waals surface area contributed by atoms with Gasteiger partial charge in [-0.05, 0) is 55.8 Å². The van der Waals surface area contributed by atoms with E-state index in [-0.39, 0.29) is 11.8 Å². The summed E-state index contributed by atoms with van der Waals surface area (Å²) in [6.07, 6.45) is 3.69. The van der Waals surface area contributed by atoms with Crippen molar-refractivity contribution in [3.05, 3.63) is 83.3 Å². The van der Waals surface area contributed by atoms with Crippen LogP contribution in [0, 0.1) is 0 Å². The number of fused-ring (bicyclic) bond motifs is 1. The first kappa shape index (κ1) is 23.3. The molecule has 1 aliphatic rings. The topological polar surface area (TPSA) is 78.7 Å². The van der Waals surface area contributed by atoms with Gasteiger partial charge in [-0.3, -0.25) is 14.5 Å². The zero-order chi connectivity index (χ0) is 24.2. The number of furan rings is 1. The summed E-state index contributed by atoms with van der Waals surface area (Å²) < 4.78 is 6.50. The van der Waals surface area contributed by atoms with Gasteiger partial charge in [-0.1, -0.05) is 24.3 Å². The minimum absolute atomic E-state index is 0.0405. The molecule has 35 heavy (non-hydrogen) atoms. The zero-order valence-electron chi connectivity index (χ0n) is 19.6. The fourth-order valence-electron chi connectivity index (χ4n) is 4.53. The van der Waals surface area contributed by atoms with Crippen molar-refractivity contribution >= 4 is 39.1 Å². The van der Waals surface area contributed by atoms with Crippen LogP contribution >= 0.6 is 11.3 Å². The molecule has 2 aromatic carbocycles. The van der Waals surface area contributed by atoms with E-state index in [1.807, 2.05) is 24.3 Å². The standard InChI is InChI=1S/C27H28N4O3S/c1-30(23-12-4-2-10-21(23)26(33)28-16-20-9-7-15-34-20)25(32)18-31-14-6-8-19(17-31)27-29-22-11-3-5-13-24(22)35-27/h2-5,7,9-13,15,19H,6,8,14,16-18H2,1H3,(H,28,33)/t19-/m0/s1. The molecule has 7 nitrogen and oxygen atoms in total. The Morgan fingerprint density at radius 1 is 1.14 bits per heavy atom. The fourth-order valence-corrected chi connectivity index (χ4v) is 5.62. The molecular weight excluding hydrogens is 460 g/mol. The summed E-state index contributed by atoms with van der Waals surface area (Å²) in [4.78, 5) is 34.7. The normalized spacial score (nSPS) is 16.3. The van der Waals surface area contributed by atoms with Gasteiger partial charge in [0.05, 0.1) is 45.8 Å². The van der Waals surface area contributed by atoms with Gasteiger partial charge >= 0.3 is 0 Å². The van der Waals surface area contributed by atoms with Crippen molar-refractivity contribution in [2.45, 2.75) is 25.3 Å². The van der Waals surface area contributed by atoms with E-state index < -0.39 is 0 Å². The van der Waals surface area contributed by atoms with Gasteiger partial charge in [0.25, 0.3) is 5.91 Å². The van der Waals surface area contributed by atoms with E-state index in [1.165, 1.54) is 4.70 Å². The second-order valence-electron chi connectivity index (χ2n) is 8.83. The van der Waals surface area contributed by atoms with Crippen molar-refractivity contribution in [1.29, 1.82) is 0 Å². The number of para-hydroxylation sites is 2. The monoisotopic (exact) mass is 488 g/mol. The Morgan fingerprint density at radius 2 is 1.97 bits per heavy atom. The average molecular weight is 489 g/mol. The third kappa shape index (κ3) is 5.28. The number of carbonyl (C=O) groups excluding carboxylic acids is 2. The van der Waals surface area contributed by atoms with Crippen LogP contribution in [-0.4, -0.2) is 48.4 Å².